The molecular weight excluding hydrogens is 570 g/mol. The molecule has 3 N–H and O–H groups in total. The summed E-state index contributed by atoms with van der Waals surface area (Å²) in [5.41, 5.74) is 5.02. The summed E-state index contributed by atoms with van der Waals surface area (Å²) in [5.74, 6) is -0.0514. The summed E-state index contributed by atoms with van der Waals surface area (Å²) in [4.78, 5) is 38.0. The monoisotopic (exact) mass is 611 g/mol. The van der Waals surface area contributed by atoms with Crippen molar-refractivity contribution in [1.82, 2.24) is 25.5 Å². The summed E-state index contributed by atoms with van der Waals surface area (Å²) in [6.45, 7) is 7.73. The van der Waals surface area contributed by atoms with Gasteiger partial charge < -0.3 is 20.6 Å². The number of carbonyl (C=O) groups is 2. The SMILES string of the molecule is Cc1csc([C@H]2CCCN2C(=O)c2cccc(C(=O)N[C@@H](Cc3ccccc3)[C@@H](O)CNCc3cncc(C(C)C)c3)c2)n1. The van der Waals surface area contributed by atoms with E-state index in [1.807, 2.05) is 59.9 Å². The minimum absolute atomic E-state index is 0.0415. The van der Waals surface area contributed by atoms with Gasteiger partial charge in [0.25, 0.3) is 11.8 Å². The van der Waals surface area contributed by atoms with E-state index < -0.39 is 12.1 Å². The van der Waals surface area contributed by atoms with Crippen LogP contribution in [0.5, 0.6) is 0 Å². The smallest absolute Gasteiger partial charge is 0.254 e. The molecule has 1 aliphatic heterocycles. The number of benzene rings is 2. The molecule has 0 unspecified atom stereocenters. The average Bonchev–Trinajstić information content (AvgIpc) is 3.70. The molecule has 2 amide bonds. The van der Waals surface area contributed by atoms with Crippen molar-refractivity contribution in [2.24, 2.45) is 0 Å². The Bertz CT molecular complexity index is 1560. The van der Waals surface area contributed by atoms with Crippen LogP contribution in [-0.2, 0) is 13.0 Å². The Kier molecular flexibility index (Phi) is 10.5. The van der Waals surface area contributed by atoms with Crippen LogP contribution >= 0.6 is 11.3 Å². The number of thiazole rings is 1. The van der Waals surface area contributed by atoms with E-state index in [9.17, 15) is 14.7 Å². The second-order valence-electron chi connectivity index (χ2n) is 11.8. The zero-order valence-electron chi connectivity index (χ0n) is 25.6. The molecule has 1 fully saturated rings. The largest absolute Gasteiger partial charge is 0.390 e. The lowest BCUT2D eigenvalue weighted by Crippen LogP contribution is -2.48. The lowest BCUT2D eigenvalue weighted by Gasteiger charge is -2.25. The van der Waals surface area contributed by atoms with Crippen molar-refractivity contribution in [1.29, 1.82) is 0 Å². The van der Waals surface area contributed by atoms with Crippen LogP contribution in [-0.4, -0.2) is 57.0 Å². The van der Waals surface area contributed by atoms with Gasteiger partial charge in [-0.15, -0.1) is 11.3 Å². The second kappa shape index (κ2) is 14.7. The van der Waals surface area contributed by atoms with Gasteiger partial charge in [-0.2, -0.15) is 0 Å². The summed E-state index contributed by atoms with van der Waals surface area (Å²) in [6, 6.07) is 18.2. The summed E-state index contributed by atoms with van der Waals surface area (Å²) >= 11 is 1.59. The quantitative estimate of drug-likeness (QED) is 0.197. The Labute approximate surface area is 263 Å². The number of nitrogens with zero attached hydrogens (tertiary/aromatic N) is 3. The van der Waals surface area contributed by atoms with Crippen molar-refractivity contribution in [3.8, 4) is 0 Å². The van der Waals surface area contributed by atoms with Crippen molar-refractivity contribution in [3.63, 3.8) is 0 Å². The highest BCUT2D eigenvalue weighted by Crippen LogP contribution is 2.34. The van der Waals surface area contributed by atoms with Gasteiger partial charge in [0.1, 0.15) is 5.01 Å². The van der Waals surface area contributed by atoms with E-state index in [-0.39, 0.29) is 24.4 Å². The number of hydrogen-bond donors (Lipinski definition) is 3. The van der Waals surface area contributed by atoms with Crippen molar-refractivity contribution < 1.29 is 14.7 Å². The molecule has 0 spiro atoms. The first-order valence-electron chi connectivity index (χ1n) is 15.3. The molecule has 0 aliphatic carbocycles. The Morgan fingerprint density at radius 3 is 2.59 bits per heavy atom. The van der Waals surface area contributed by atoms with Crippen molar-refractivity contribution in [2.45, 2.75) is 70.7 Å². The lowest BCUT2D eigenvalue weighted by atomic mass is 10.00. The number of nitrogens with one attached hydrogen (secondary N) is 2. The van der Waals surface area contributed by atoms with Gasteiger partial charge in [-0.3, -0.25) is 14.6 Å². The average molecular weight is 612 g/mol. The summed E-state index contributed by atoms with van der Waals surface area (Å²) in [6.07, 6.45) is 5.11. The normalized spacial score (nSPS) is 16.2. The summed E-state index contributed by atoms with van der Waals surface area (Å²) < 4.78 is 0. The van der Waals surface area contributed by atoms with Crippen LogP contribution in [0.3, 0.4) is 0 Å². The molecule has 2 aromatic carbocycles. The molecule has 9 heteroatoms. The maximum Gasteiger partial charge on any atom is 0.254 e. The van der Waals surface area contributed by atoms with Crippen LogP contribution in [0.2, 0.25) is 0 Å². The Balaban J connectivity index is 1.26. The summed E-state index contributed by atoms with van der Waals surface area (Å²) in [7, 11) is 0. The highest BCUT2D eigenvalue weighted by molar-refractivity contribution is 7.09. The van der Waals surface area contributed by atoms with Crippen LogP contribution in [0.25, 0.3) is 0 Å². The lowest BCUT2D eigenvalue weighted by molar-refractivity contribution is 0.0735. The highest BCUT2D eigenvalue weighted by atomic mass is 32.1. The van der Waals surface area contributed by atoms with E-state index in [4.69, 9.17) is 0 Å². The topological polar surface area (TPSA) is 107 Å². The molecule has 0 saturated carbocycles. The van der Waals surface area contributed by atoms with Gasteiger partial charge in [0, 0.05) is 54.2 Å². The molecule has 0 bridgehead atoms. The van der Waals surface area contributed by atoms with Crippen molar-refractivity contribution in [2.75, 3.05) is 13.1 Å². The van der Waals surface area contributed by atoms with E-state index in [0.717, 1.165) is 34.7 Å². The van der Waals surface area contributed by atoms with Crippen LogP contribution in [0.15, 0.2) is 78.4 Å². The fourth-order valence-corrected chi connectivity index (χ4v) is 6.52. The Morgan fingerprint density at radius 1 is 1.05 bits per heavy atom. The standard InChI is InChI=1S/C35H41N5O3S/c1-23(2)29-15-26(18-36-20-29)19-37-21-32(41)30(16-25-9-5-4-6-10-25)39-33(42)27-11-7-12-28(17-27)35(43)40-14-8-13-31(40)34-38-24(3)22-44-34/h4-7,9-12,15,17-18,20,22-23,30-32,37,41H,8,13-14,16,19,21H2,1-3H3,(H,39,42)/t30-,31+,32-/m0/s1. The van der Waals surface area contributed by atoms with Gasteiger partial charge >= 0.3 is 0 Å². The molecule has 4 aromatic rings. The number of aromatic nitrogens is 2. The molecule has 3 atom stereocenters. The van der Waals surface area contributed by atoms with Gasteiger partial charge in [0.05, 0.1) is 18.2 Å². The molecule has 5 rings (SSSR count). The molecule has 44 heavy (non-hydrogen) atoms. The number of hydrogen-bond acceptors (Lipinski definition) is 7. The molecule has 1 saturated heterocycles. The van der Waals surface area contributed by atoms with E-state index in [1.54, 1.807) is 35.6 Å². The zero-order valence-corrected chi connectivity index (χ0v) is 26.4. The van der Waals surface area contributed by atoms with Crippen molar-refractivity contribution >= 4 is 23.2 Å². The minimum Gasteiger partial charge on any atom is -0.390 e. The first-order chi connectivity index (χ1) is 21.3. The number of carbonyl (C=O) groups excluding carboxylic acids is 2. The minimum atomic E-state index is -0.850. The number of amides is 2. The number of rotatable bonds is 12. The van der Waals surface area contributed by atoms with Gasteiger partial charge in [-0.1, -0.05) is 56.3 Å². The van der Waals surface area contributed by atoms with Crippen LogP contribution < -0.4 is 10.6 Å². The highest BCUT2D eigenvalue weighted by Gasteiger charge is 2.33. The maximum atomic E-state index is 13.6. The number of aryl methyl sites for hydroxylation is 1. The van der Waals surface area contributed by atoms with E-state index in [2.05, 4.69) is 40.5 Å². The van der Waals surface area contributed by atoms with E-state index in [1.165, 1.54) is 5.56 Å². The third kappa shape index (κ3) is 7.96. The molecule has 2 aromatic heterocycles. The molecule has 230 valence electrons. The first kappa shape index (κ1) is 31.5. The van der Waals surface area contributed by atoms with Gasteiger partial charge in [-0.05, 0) is 67.0 Å². The predicted molar refractivity (Wildman–Crippen MR) is 174 cm³/mol. The van der Waals surface area contributed by atoms with Gasteiger partial charge in [0.15, 0.2) is 0 Å². The third-order valence-corrected chi connectivity index (χ3v) is 9.12. The molecule has 1 aliphatic rings. The number of pyridine rings is 1. The fourth-order valence-electron chi connectivity index (χ4n) is 5.58. The van der Waals surface area contributed by atoms with Gasteiger partial charge in [0.2, 0.25) is 0 Å². The summed E-state index contributed by atoms with van der Waals surface area (Å²) in [5, 5.41) is 20.6. The molecular formula is C35H41N5O3S. The molecule has 8 nitrogen and oxygen atoms in total. The zero-order chi connectivity index (χ0) is 31.1. The van der Waals surface area contributed by atoms with Gasteiger partial charge in [-0.25, -0.2) is 4.98 Å². The number of likely N-dealkylation sites (tertiary alicyclic amines) is 1. The van der Waals surface area contributed by atoms with Crippen LogP contribution in [0.4, 0.5) is 0 Å². The third-order valence-electron chi connectivity index (χ3n) is 8.05. The van der Waals surface area contributed by atoms with E-state index >= 15 is 0 Å². The van der Waals surface area contributed by atoms with Crippen LogP contribution in [0, 0.1) is 6.92 Å². The number of aliphatic hydroxyl groups excluding tert-OH is 1. The van der Waals surface area contributed by atoms with Crippen molar-refractivity contribution in [3.05, 3.63) is 117 Å². The second-order valence-corrected chi connectivity index (χ2v) is 12.7. The Morgan fingerprint density at radius 2 is 1.84 bits per heavy atom. The number of aliphatic hydroxyl groups is 1. The molecule has 0 radical (unpaired) electrons. The molecule has 3 heterocycles. The first-order valence-corrected chi connectivity index (χ1v) is 16.2. The predicted octanol–water partition coefficient (Wildman–Crippen LogP) is 5.44. The van der Waals surface area contributed by atoms with E-state index in [0.29, 0.717) is 36.6 Å². The van der Waals surface area contributed by atoms with Crippen LogP contribution in [0.1, 0.15) is 86.8 Å². The Hall–Kier alpha value is -3.92. The fraction of sp³-hybridized carbons (Fsp3) is 0.371. The maximum absolute atomic E-state index is 13.6.